The molecule has 3 heteroatoms. The third-order valence-electron chi connectivity index (χ3n) is 4.83. The molecule has 17 heavy (non-hydrogen) atoms. The monoisotopic (exact) mass is 271 g/mol. The minimum Gasteiger partial charge on any atom is -0.324 e. The van der Waals surface area contributed by atoms with Crippen molar-refractivity contribution in [2.45, 2.75) is 33.7 Å². The van der Waals surface area contributed by atoms with Gasteiger partial charge in [-0.2, -0.15) is 0 Å². The fourth-order valence-corrected chi connectivity index (χ4v) is 3.54. The van der Waals surface area contributed by atoms with Crippen LogP contribution in [0.4, 0.5) is 0 Å². The van der Waals surface area contributed by atoms with Crippen LogP contribution in [0.5, 0.6) is 0 Å². The molecule has 0 heterocycles. The predicted octanol–water partition coefficient (Wildman–Crippen LogP) is 4.68. The SMILES string of the molecule is CC1(C)C(C(N)c2cccc(Cl)c2Cl)C1(C)C. The maximum absolute atomic E-state index is 6.38. The van der Waals surface area contributed by atoms with Crippen molar-refractivity contribution in [1.82, 2.24) is 0 Å². The fraction of sp³-hybridized carbons (Fsp3) is 0.571. The average Bonchev–Trinajstić information content (AvgIpc) is 2.61. The van der Waals surface area contributed by atoms with Gasteiger partial charge in [-0.25, -0.2) is 0 Å². The lowest BCUT2D eigenvalue weighted by Crippen LogP contribution is -2.17. The van der Waals surface area contributed by atoms with Crippen molar-refractivity contribution >= 4 is 23.2 Å². The molecule has 1 aromatic rings. The van der Waals surface area contributed by atoms with Crippen molar-refractivity contribution in [3.8, 4) is 0 Å². The average molecular weight is 272 g/mol. The van der Waals surface area contributed by atoms with Crippen LogP contribution >= 0.6 is 23.2 Å². The Hall–Kier alpha value is -0.240. The zero-order valence-corrected chi connectivity index (χ0v) is 12.2. The Balaban J connectivity index is 2.34. The van der Waals surface area contributed by atoms with E-state index in [0.717, 1.165) is 5.56 Å². The summed E-state index contributed by atoms with van der Waals surface area (Å²) in [5, 5.41) is 1.18. The maximum atomic E-state index is 6.38. The standard InChI is InChI=1S/C14H19Cl2N/c1-13(2)12(14(13,3)4)11(17)8-6-5-7-9(15)10(8)16/h5-7,11-12H,17H2,1-4H3. The first-order chi connectivity index (χ1) is 7.71. The fourth-order valence-electron chi connectivity index (χ4n) is 3.10. The number of rotatable bonds is 2. The molecular weight excluding hydrogens is 253 g/mol. The Morgan fingerprint density at radius 2 is 1.65 bits per heavy atom. The third kappa shape index (κ3) is 1.80. The second kappa shape index (κ2) is 3.88. The van der Waals surface area contributed by atoms with Crippen molar-refractivity contribution in [3.63, 3.8) is 0 Å². The lowest BCUT2D eigenvalue weighted by molar-refractivity contribution is 0.457. The quantitative estimate of drug-likeness (QED) is 0.831. The van der Waals surface area contributed by atoms with Crippen LogP contribution in [0.15, 0.2) is 18.2 Å². The Kier molecular flexibility index (Phi) is 3.01. The van der Waals surface area contributed by atoms with Gasteiger partial charge < -0.3 is 5.73 Å². The molecule has 0 radical (unpaired) electrons. The van der Waals surface area contributed by atoms with Crippen LogP contribution in [0.2, 0.25) is 10.0 Å². The van der Waals surface area contributed by atoms with Gasteiger partial charge in [0.2, 0.25) is 0 Å². The topological polar surface area (TPSA) is 26.0 Å². The Bertz CT molecular complexity index is 438. The molecule has 1 aromatic carbocycles. The highest BCUT2D eigenvalue weighted by atomic mass is 35.5. The highest BCUT2D eigenvalue weighted by Crippen LogP contribution is 2.72. The summed E-state index contributed by atoms with van der Waals surface area (Å²) in [7, 11) is 0. The molecule has 1 unspecified atom stereocenters. The molecule has 0 spiro atoms. The van der Waals surface area contributed by atoms with E-state index in [0.29, 0.717) is 16.0 Å². The molecule has 1 aliphatic carbocycles. The summed E-state index contributed by atoms with van der Waals surface area (Å²) in [5.74, 6) is 0.436. The predicted molar refractivity (Wildman–Crippen MR) is 74.4 cm³/mol. The van der Waals surface area contributed by atoms with E-state index in [4.69, 9.17) is 28.9 Å². The van der Waals surface area contributed by atoms with Crippen molar-refractivity contribution in [1.29, 1.82) is 0 Å². The summed E-state index contributed by atoms with van der Waals surface area (Å²) in [5.41, 5.74) is 7.84. The van der Waals surface area contributed by atoms with E-state index in [1.165, 1.54) is 0 Å². The maximum Gasteiger partial charge on any atom is 0.0640 e. The molecule has 0 aromatic heterocycles. The van der Waals surface area contributed by atoms with Crippen LogP contribution in [-0.4, -0.2) is 0 Å². The van der Waals surface area contributed by atoms with Gasteiger partial charge in [0.05, 0.1) is 10.0 Å². The second-order valence-corrected chi connectivity index (χ2v) is 6.88. The largest absolute Gasteiger partial charge is 0.324 e. The minimum atomic E-state index is -0.0498. The molecule has 1 nitrogen and oxygen atoms in total. The molecule has 1 saturated carbocycles. The van der Waals surface area contributed by atoms with Gasteiger partial charge in [-0.05, 0) is 28.4 Å². The first-order valence-corrected chi connectivity index (χ1v) is 6.66. The molecule has 1 atom stereocenters. The van der Waals surface area contributed by atoms with Crippen molar-refractivity contribution in [2.75, 3.05) is 0 Å². The number of benzene rings is 1. The van der Waals surface area contributed by atoms with Crippen LogP contribution in [-0.2, 0) is 0 Å². The van der Waals surface area contributed by atoms with Gasteiger partial charge in [0.1, 0.15) is 0 Å². The van der Waals surface area contributed by atoms with E-state index in [-0.39, 0.29) is 16.9 Å². The van der Waals surface area contributed by atoms with Crippen LogP contribution < -0.4 is 5.73 Å². The van der Waals surface area contributed by atoms with Crippen molar-refractivity contribution < 1.29 is 0 Å². The first-order valence-electron chi connectivity index (χ1n) is 5.90. The molecule has 2 rings (SSSR count). The summed E-state index contributed by atoms with van der Waals surface area (Å²) >= 11 is 12.3. The van der Waals surface area contributed by atoms with E-state index >= 15 is 0 Å². The van der Waals surface area contributed by atoms with Crippen LogP contribution in [0, 0.1) is 16.7 Å². The van der Waals surface area contributed by atoms with Crippen molar-refractivity contribution in [2.24, 2.45) is 22.5 Å². The van der Waals surface area contributed by atoms with Crippen LogP contribution in [0.3, 0.4) is 0 Å². The molecule has 2 N–H and O–H groups in total. The van der Waals surface area contributed by atoms with Crippen LogP contribution in [0.1, 0.15) is 39.3 Å². The lowest BCUT2D eigenvalue weighted by atomic mass is 9.97. The second-order valence-electron chi connectivity index (χ2n) is 6.09. The number of hydrogen-bond donors (Lipinski definition) is 1. The molecule has 94 valence electrons. The lowest BCUT2D eigenvalue weighted by Gasteiger charge is -2.16. The molecule has 1 fully saturated rings. The summed E-state index contributed by atoms with van der Waals surface area (Å²) in [4.78, 5) is 0. The minimum absolute atomic E-state index is 0.0498. The van der Waals surface area contributed by atoms with Gasteiger partial charge in [-0.15, -0.1) is 0 Å². The Morgan fingerprint density at radius 1 is 1.12 bits per heavy atom. The third-order valence-corrected chi connectivity index (χ3v) is 5.67. The Morgan fingerprint density at radius 3 is 2.12 bits per heavy atom. The number of halogens is 2. The number of nitrogens with two attached hydrogens (primary N) is 1. The van der Waals surface area contributed by atoms with E-state index in [1.807, 2.05) is 12.1 Å². The van der Waals surface area contributed by atoms with Crippen molar-refractivity contribution in [3.05, 3.63) is 33.8 Å². The summed E-state index contributed by atoms with van der Waals surface area (Å²) in [6.07, 6.45) is 0. The molecular formula is C14H19Cl2N. The highest BCUT2D eigenvalue weighted by molar-refractivity contribution is 6.42. The molecule has 0 saturated heterocycles. The zero-order chi connectivity index (χ0) is 13.0. The molecule has 0 aliphatic heterocycles. The van der Waals surface area contributed by atoms with Crippen LogP contribution in [0.25, 0.3) is 0 Å². The molecule has 0 bridgehead atoms. The number of hydrogen-bond acceptors (Lipinski definition) is 1. The van der Waals surface area contributed by atoms with E-state index in [9.17, 15) is 0 Å². The van der Waals surface area contributed by atoms with Gasteiger partial charge in [-0.1, -0.05) is 63.0 Å². The summed E-state index contributed by atoms with van der Waals surface area (Å²) < 4.78 is 0. The van der Waals surface area contributed by atoms with Gasteiger partial charge in [0.15, 0.2) is 0 Å². The van der Waals surface area contributed by atoms with E-state index in [1.54, 1.807) is 6.07 Å². The highest BCUT2D eigenvalue weighted by Gasteiger charge is 2.66. The normalized spacial score (nSPS) is 23.5. The summed E-state index contributed by atoms with van der Waals surface area (Å²) in [6, 6.07) is 5.63. The summed E-state index contributed by atoms with van der Waals surface area (Å²) in [6.45, 7) is 9.04. The van der Waals surface area contributed by atoms with Gasteiger partial charge in [-0.3, -0.25) is 0 Å². The van der Waals surface area contributed by atoms with Gasteiger partial charge >= 0.3 is 0 Å². The van der Waals surface area contributed by atoms with Gasteiger partial charge in [0, 0.05) is 6.04 Å². The molecule has 0 amide bonds. The van der Waals surface area contributed by atoms with Gasteiger partial charge in [0.25, 0.3) is 0 Å². The first kappa shape index (κ1) is 13.2. The zero-order valence-electron chi connectivity index (χ0n) is 10.7. The van der Waals surface area contributed by atoms with E-state index in [2.05, 4.69) is 27.7 Å². The Labute approximate surface area is 113 Å². The van der Waals surface area contributed by atoms with E-state index < -0.39 is 0 Å². The molecule has 1 aliphatic rings. The smallest absolute Gasteiger partial charge is 0.0640 e.